The van der Waals surface area contributed by atoms with Gasteiger partial charge in [0.15, 0.2) is 5.78 Å². The molecular formula is C33H36O. The fourth-order valence-electron chi connectivity index (χ4n) is 6.76. The minimum atomic E-state index is 0.210. The Hall–Kier alpha value is -2.93. The first-order valence-corrected chi connectivity index (χ1v) is 12.5. The zero-order chi connectivity index (χ0) is 25.1. The van der Waals surface area contributed by atoms with Crippen LogP contribution in [0.3, 0.4) is 0 Å². The number of ketones is 1. The highest BCUT2D eigenvalue weighted by Gasteiger charge is 2.37. The number of hydrogen-bond donors (Lipinski definition) is 0. The van der Waals surface area contributed by atoms with Crippen molar-refractivity contribution in [2.45, 2.75) is 83.1 Å². The Morgan fingerprint density at radius 3 is 0.971 bits per heavy atom. The van der Waals surface area contributed by atoms with E-state index in [1.807, 2.05) is 0 Å². The highest BCUT2D eigenvalue weighted by Crippen LogP contribution is 2.52. The molecule has 4 aromatic carbocycles. The van der Waals surface area contributed by atoms with E-state index in [9.17, 15) is 4.79 Å². The second kappa shape index (κ2) is 7.04. The summed E-state index contributed by atoms with van der Waals surface area (Å²) in [6, 6.07) is 0. The molecule has 0 N–H and O–H groups in total. The molecule has 1 aliphatic rings. The second-order valence-electron chi connectivity index (χ2n) is 10.8. The molecule has 0 atom stereocenters. The Labute approximate surface area is 204 Å². The topological polar surface area (TPSA) is 17.1 Å². The molecule has 0 spiro atoms. The van der Waals surface area contributed by atoms with Crippen LogP contribution in [0.4, 0.5) is 0 Å². The average molecular weight is 449 g/mol. The first kappa shape index (κ1) is 22.8. The minimum Gasteiger partial charge on any atom is -0.289 e. The van der Waals surface area contributed by atoms with Gasteiger partial charge in [-0.3, -0.25) is 4.79 Å². The van der Waals surface area contributed by atoms with Crippen LogP contribution in [0.2, 0.25) is 0 Å². The highest BCUT2D eigenvalue weighted by atomic mass is 16.1. The molecule has 0 heterocycles. The van der Waals surface area contributed by atoms with Gasteiger partial charge in [-0.25, -0.2) is 0 Å². The van der Waals surface area contributed by atoms with Crippen LogP contribution in [-0.4, -0.2) is 5.78 Å². The number of rotatable bonds is 0. The lowest BCUT2D eigenvalue weighted by atomic mass is 9.80. The molecule has 174 valence electrons. The maximum Gasteiger partial charge on any atom is 0.195 e. The first-order valence-electron chi connectivity index (χ1n) is 12.5. The molecule has 5 rings (SSSR count). The normalized spacial score (nSPS) is 12.8. The third-order valence-electron chi connectivity index (χ3n) is 9.70. The van der Waals surface area contributed by atoms with Crippen LogP contribution in [-0.2, 0) is 0 Å². The Bertz CT molecular complexity index is 1660. The van der Waals surface area contributed by atoms with Crippen molar-refractivity contribution in [3.8, 4) is 11.1 Å². The van der Waals surface area contributed by atoms with Crippen molar-refractivity contribution in [1.29, 1.82) is 0 Å². The van der Waals surface area contributed by atoms with Gasteiger partial charge in [0.1, 0.15) is 0 Å². The molecule has 0 aromatic heterocycles. The van der Waals surface area contributed by atoms with Crippen LogP contribution in [0.15, 0.2) is 0 Å². The fraction of sp³-hybridized carbons (Fsp3) is 0.364. The summed E-state index contributed by atoms with van der Waals surface area (Å²) in [5.41, 5.74) is 19.7. The van der Waals surface area contributed by atoms with Crippen molar-refractivity contribution in [3.05, 3.63) is 77.9 Å². The molecule has 1 aliphatic carbocycles. The summed E-state index contributed by atoms with van der Waals surface area (Å²) in [7, 11) is 0. The van der Waals surface area contributed by atoms with Gasteiger partial charge in [0, 0.05) is 16.7 Å². The van der Waals surface area contributed by atoms with E-state index in [1.54, 1.807) is 0 Å². The number of carbonyl (C=O) groups is 1. The predicted molar refractivity (Wildman–Crippen MR) is 147 cm³/mol. The third-order valence-corrected chi connectivity index (χ3v) is 9.70. The molecule has 0 aliphatic heterocycles. The smallest absolute Gasteiger partial charge is 0.195 e. The van der Waals surface area contributed by atoms with Crippen LogP contribution in [0, 0.1) is 83.1 Å². The fourth-order valence-corrected chi connectivity index (χ4v) is 6.76. The minimum absolute atomic E-state index is 0.210. The predicted octanol–water partition coefficient (Wildman–Crippen LogP) is 8.91. The second-order valence-corrected chi connectivity index (χ2v) is 10.8. The molecule has 1 nitrogen and oxygen atoms in total. The summed E-state index contributed by atoms with van der Waals surface area (Å²) < 4.78 is 0. The lowest BCUT2D eigenvalue weighted by Crippen LogP contribution is -2.06. The largest absolute Gasteiger partial charge is 0.289 e. The molecule has 0 bridgehead atoms. The van der Waals surface area contributed by atoms with Crippen LogP contribution in [0.1, 0.15) is 82.7 Å². The van der Waals surface area contributed by atoms with Gasteiger partial charge in [-0.05, 0) is 177 Å². The summed E-state index contributed by atoms with van der Waals surface area (Å²) in [4.78, 5) is 14.4. The molecule has 0 amide bonds. The maximum atomic E-state index is 14.4. The summed E-state index contributed by atoms with van der Waals surface area (Å²) >= 11 is 0. The van der Waals surface area contributed by atoms with E-state index in [0.717, 1.165) is 16.7 Å². The molecular weight excluding hydrogens is 412 g/mol. The number of hydrogen-bond acceptors (Lipinski definition) is 1. The van der Waals surface area contributed by atoms with Gasteiger partial charge in [-0.1, -0.05) is 0 Å². The zero-order valence-electron chi connectivity index (χ0n) is 22.9. The van der Waals surface area contributed by atoms with Gasteiger partial charge in [-0.15, -0.1) is 0 Å². The molecule has 4 aromatic rings. The first-order chi connectivity index (χ1) is 15.8. The van der Waals surface area contributed by atoms with Crippen molar-refractivity contribution in [2.24, 2.45) is 0 Å². The van der Waals surface area contributed by atoms with E-state index in [0.29, 0.717) is 0 Å². The molecule has 0 saturated carbocycles. The van der Waals surface area contributed by atoms with E-state index < -0.39 is 0 Å². The lowest BCUT2D eigenvalue weighted by Gasteiger charge is -2.23. The Balaban J connectivity index is 2.16. The van der Waals surface area contributed by atoms with E-state index in [4.69, 9.17) is 0 Å². The van der Waals surface area contributed by atoms with Gasteiger partial charge in [0.05, 0.1) is 0 Å². The molecule has 0 radical (unpaired) electrons. The number of benzene rings is 4. The van der Waals surface area contributed by atoms with Crippen LogP contribution in [0.25, 0.3) is 32.7 Å². The molecule has 0 unspecified atom stereocenters. The monoisotopic (exact) mass is 448 g/mol. The van der Waals surface area contributed by atoms with Crippen molar-refractivity contribution >= 4 is 27.3 Å². The average Bonchev–Trinajstić information content (AvgIpc) is 3.10. The van der Waals surface area contributed by atoms with E-state index in [2.05, 4.69) is 83.1 Å². The van der Waals surface area contributed by atoms with Gasteiger partial charge < -0.3 is 0 Å². The lowest BCUT2D eigenvalue weighted by molar-refractivity contribution is 0.104. The van der Waals surface area contributed by atoms with Crippen LogP contribution < -0.4 is 0 Å². The van der Waals surface area contributed by atoms with E-state index >= 15 is 0 Å². The number of carbonyl (C=O) groups excluding carboxylic acids is 1. The standard InChI is InChI=1S/C33H36O/c1-13-15(3)19(7)27-25(17(13)5)22(10)24(12)30-31(27)29-23(11)21(9)26-18(6)14(2)16(4)20(8)28(26)32(29)33(30)34/h1-12H3. The van der Waals surface area contributed by atoms with Crippen LogP contribution >= 0.6 is 0 Å². The van der Waals surface area contributed by atoms with Gasteiger partial charge in [-0.2, -0.15) is 0 Å². The summed E-state index contributed by atoms with van der Waals surface area (Å²) in [5, 5.41) is 5.06. The highest BCUT2D eigenvalue weighted by molar-refractivity contribution is 6.33. The maximum absolute atomic E-state index is 14.4. The Kier molecular flexibility index (Phi) is 4.73. The summed E-state index contributed by atoms with van der Waals surface area (Å²) in [6.07, 6.45) is 0. The van der Waals surface area contributed by atoms with Gasteiger partial charge >= 0.3 is 0 Å². The van der Waals surface area contributed by atoms with Crippen LogP contribution in [0.5, 0.6) is 0 Å². The van der Waals surface area contributed by atoms with E-state index in [1.165, 1.54) is 93.9 Å². The molecule has 0 fully saturated rings. The molecule has 34 heavy (non-hydrogen) atoms. The van der Waals surface area contributed by atoms with Crippen molar-refractivity contribution in [2.75, 3.05) is 0 Å². The van der Waals surface area contributed by atoms with Crippen molar-refractivity contribution in [1.82, 2.24) is 0 Å². The van der Waals surface area contributed by atoms with E-state index in [-0.39, 0.29) is 5.78 Å². The van der Waals surface area contributed by atoms with Gasteiger partial charge in [0.2, 0.25) is 0 Å². The quantitative estimate of drug-likeness (QED) is 0.231. The number of aryl methyl sites for hydroxylation is 6. The Morgan fingerprint density at radius 2 is 0.559 bits per heavy atom. The van der Waals surface area contributed by atoms with Crippen molar-refractivity contribution in [3.63, 3.8) is 0 Å². The summed E-state index contributed by atoms with van der Waals surface area (Å²) in [5.74, 6) is 0.210. The summed E-state index contributed by atoms with van der Waals surface area (Å²) in [6.45, 7) is 26.6. The van der Waals surface area contributed by atoms with Gasteiger partial charge in [0.25, 0.3) is 0 Å². The SMILES string of the molecule is Cc1c(C)c(C)c2c3c(c(C)c(C)c2c1C)-c1c(c(C)c(C)c2c(C)c(C)c(C)c(C)c12)C3=O. The van der Waals surface area contributed by atoms with Crippen molar-refractivity contribution < 1.29 is 4.79 Å². The molecule has 1 heteroatoms. The zero-order valence-corrected chi connectivity index (χ0v) is 22.9. The molecule has 0 saturated heterocycles. The third kappa shape index (κ3) is 2.43. The Morgan fingerprint density at radius 1 is 0.265 bits per heavy atom. The number of fused-ring (bicyclic) bond motifs is 7.